The van der Waals surface area contributed by atoms with Crippen LogP contribution >= 0.6 is 0 Å². The van der Waals surface area contributed by atoms with Gasteiger partial charge in [0.05, 0.1) is 6.61 Å². The first-order chi connectivity index (χ1) is 9.08. The summed E-state index contributed by atoms with van der Waals surface area (Å²) in [5, 5.41) is 11.1. The van der Waals surface area contributed by atoms with E-state index in [4.69, 9.17) is 4.74 Å². The van der Waals surface area contributed by atoms with Crippen molar-refractivity contribution in [2.45, 2.75) is 19.4 Å². The summed E-state index contributed by atoms with van der Waals surface area (Å²) in [6.45, 7) is 4.28. The summed E-state index contributed by atoms with van der Waals surface area (Å²) in [7, 11) is 1.61. The van der Waals surface area contributed by atoms with Crippen molar-refractivity contribution in [1.29, 1.82) is 0 Å². The minimum absolute atomic E-state index is 0.237. The SMILES string of the molecule is COCC(O)(c1ccccc1)c1cc(C)ccc1C. The quantitative estimate of drug-likeness (QED) is 0.910. The Morgan fingerprint density at radius 2 is 1.74 bits per heavy atom. The number of aryl methyl sites for hydroxylation is 2. The number of hydrogen-bond acceptors (Lipinski definition) is 2. The van der Waals surface area contributed by atoms with Crippen molar-refractivity contribution >= 4 is 0 Å². The molecule has 2 rings (SSSR count). The topological polar surface area (TPSA) is 29.5 Å². The smallest absolute Gasteiger partial charge is 0.138 e. The fraction of sp³-hybridized carbons (Fsp3) is 0.294. The number of ether oxygens (including phenoxy) is 1. The largest absolute Gasteiger partial charge is 0.381 e. The summed E-state index contributed by atoms with van der Waals surface area (Å²) in [4.78, 5) is 0. The van der Waals surface area contributed by atoms with E-state index in [0.717, 1.165) is 22.3 Å². The summed E-state index contributed by atoms with van der Waals surface area (Å²) in [6.07, 6.45) is 0. The Bertz CT molecular complexity index is 548. The van der Waals surface area contributed by atoms with E-state index >= 15 is 0 Å². The maximum Gasteiger partial charge on any atom is 0.138 e. The Balaban J connectivity index is 2.59. The molecule has 1 atom stereocenters. The molecule has 0 aliphatic heterocycles. The minimum atomic E-state index is -1.11. The first-order valence-electron chi connectivity index (χ1n) is 6.42. The zero-order valence-electron chi connectivity index (χ0n) is 11.7. The van der Waals surface area contributed by atoms with E-state index in [1.165, 1.54) is 0 Å². The summed E-state index contributed by atoms with van der Waals surface area (Å²) < 4.78 is 5.26. The Hall–Kier alpha value is -1.64. The molecule has 0 heterocycles. The van der Waals surface area contributed by atoms with Gasteiger partial charge in [0.1, 0.15) is 5.60 Å². The van der Waals surface area contributed by atoms with Crippen LogP contribution < -0.4 is 0 Å². The predicted molar refractivity (Wildman–Crippen MR) is 77.2 cm³/mol. The van der Waals surface area contributed by atoms with Crippen LogP contribution in [0.4, 0.5) is 0 Å². The number of methoxy groups -OCH3 is 1. The summed E-state index contributed by atoms with van der Waals surface area (Å²) in [6, 6.07) is 15.8. The molecule has 0 amide bonds. The van der Waals surface area contributed by atoms with Gasteiger partial charge in [-0.05, 0) is 30.5 Å². The third-order valence-electron chi connectivity index (χ3n) is 3.44. The zero-order valence-corrected chi connectivity index (χ0v) is 11.7. The van der Waals surface area contributed by atoms with Gasteiger partial charge in [0.2, 0.25) is 0 Å². The first-order valence-corrected chi connectivity index (χ1v) is 6.42. The van der Waals surface area contributed by atoms with E-state index in [-0.39, 0.29) is 6.61 Å². The highest BCUT2D eigenvalue weighted by molar-refractivity contribution is 5.42. The van der Waals surface area contributed by atoms with E-state index in [1.54, 1.807) is 7.11 Å². The predicted octanol–water partition coefficient (Wildman–Crippen LogP) is 3.19. The lowest BCUT2D eigenvalue weighted by atomic mass is 9.84. The van der Waals surface area contributed by atoms with Crippen molar-refractivity contribution in [1.82, 2.24) is 0 Å². The molecule has 0 bridgehead atoms. The Morgan fingerprint density at radius 1 is 1.05 bits per heavy atom. The average Bonchev–Trinajstić information content (AvgIpc) is 2.42. The van der Waals surface area contributed by atoms with Gasteiger partial charge in [-0.3, -0.25) is 0 Å². The second kappa shape index (κ2) is 5.55. The Labute approximate surface area is 114 Å². The fourth-order valence-electron chi connectivity index (χ4n) is 2.42. The van der Waals surface area contributed by atoms with Crippen molar-refractivity contribution in [3.63, 3.8) is 0 Å². The molecule has 0 saturated heterocycles. The summed E-state index contributed by atoms with van der Waals surface area (Å²) in [5.74, 6) is 0. The van der Waals surface area contributed by atoms with Gasteiger partial charge in [0.25, 0.3) is 0 Å². The molecule has 1 unspecified atom stereocenters. The molecule has 0 fully saturated rings. The van der Waals surface area contributed by atoms with Crippen LogP contribution in [0.25, 0.3) is 0 Å². The van der Waals surface area contributed by atoms with Crippen LogP contribution in [0.5, 0.6) is 0 Å². The van der Waals surface area contributed by atoms with Gasteiger partial charge in [-0.25, -0.2) is 0 Å². The zero-order chi connectivity index (χ0) is 13.9. The Kier molecular flexibility index (Phi) is 4.03. The van der Waals surface area contributed by atoms with Crippen LogP contribution in [-0.4, -0.2) is 18.8 Å². The van der Waals surface area contributed by atoms with E-state index < -0.39 is 5.60 Å². The number of aliphatic hydroxyl groups is 1. The van der Waals surface area contributed by atoms with Gasteiger partial charge in [-0.2, -0.15) is 0 Å². The lowest BCUT2D eigenvalue weighted by Crippen LogP contribution is -2.33. The molecular formula is C17H20O2. The first kappa shape index (κ1) is 13.8. The molecule has 2 aromatic rings. The highest BCUT2D eigenvalue weighted by Gasteiger charge is 2.32. The van der Waals surface area contributed by atoms with Crippen molar-refractivity contribution in [2.24, 2.45) is 0 Å². The van der Waals surface area contributed by atoms with Crippen molar-refractivity contribution in [3.05, 3.63) is 70.8 Å². The molecular weight excluding hydrogens is 236 g/mol. The molecule has 2 aromatic carbocycles. The molecule has 0 aliphatic rings. The lowest BCUT2D eigenvalue weighted by Gasteiger charge is -2.30. The number of rotatable bonds is 4. The van der Waals surface area contributed by atoms with Gasteiger partial charge in [0, 0.05) is 7.11 Å². The Morgan fingerprint density at radius 3 is 2.37 bits per heavy atom. The van der Waals surface area contributed by atoms with Gasteiger partial charge in [-0.1, -0.05) is 54.1 Å². The van der Waals surface area contributed by atoms with Gasteiger partial charge < -0.3 is 9.84 Å². The van der Waals surface area contributed by atoms with E-state index in [2.05, 4.69) is 6.07 Å². The van der Waals surface area contributed by atoms with E-state index in [9.17, 15) is 5.11 Å². The minimum Gasteiger partial charge on any atom is -0.381 e. The molecule has 100 valence electrons. The molecule has 0 aromatic heterocycles. The lowest BCUT2D eigenvalue weighted by molar-refractivity contribution is -0.00374. The van der Waals surface area contributed by atoms with Crippen LogP contribution in [0, 0.1) is 13.8 Å². The van der Waals surface area contributed by atoms with E-state index in [1.807, 2.05) is 56.3 Å². The van der Waals surface area contributed by atoms with Crippen LogP contribution in [-0.2, 0) is 10.3 Å². The summed E-state index contributed by atoms with van der Waals surface area (Å²) in [5.41, 5.74) is 2.85. The maximum absolute atomic E-state index is 11.1. The average molecular weight is 256 g/mol. The molecule has 0 aliphatic carbocycles. The second-order valence-corrected chi connectivity index (χ2v) is 4.98. The molecule has 1 N–H and O–H groups in total. The number of benzene rings is 2. The van der Waals surface area contributed by atoms with Crippen LogP contribution in [0.2, 0.25) is 0 Å². The molecule has 0 radical (unpaired) electrons. The van der Waals surface area contributed by atoms with Crippen molar-refractivity contribution in [2.75, 3.05) is 13.7 Å². The van der Waals surface area contributed by atoms with Crippen LogP contribution in [0.3, 0.4) is 0 Å². The highest BCUT2D eigenvalue weighted by atomic mass is 16.5. The van der Waals surface area contributed by atoms with Crippen molar-refractivity contribution < 1.29 is 9.84 Å². The fourth-order valence-corrected chi connectivity index (χ4v) is 2.42. The second-order valence-electron chi connectivity index (χ2n) is 4.98. The molecule has 0 saturated carbocycles. The number of hydrogen-bond donors (Lipinski definition) is 1. The molecule has 0 spiro atoms. The standard InChI is InChI=1S/C17H20O2/c1-13-9-10-14(2)16(11-13)17(18,12-19-3)15-7-5-4-6-8-15/h4-11,18H,12H2,1-3H3. The van der Waals surface area contributed by atoms with Gasteiger partial charge in [0.15, 0.2) is 0 Å². The monoisotopic (exact) mass is 256 g/mol. The molecule has 2 heteroatoms. The third kappa shape index (κ3) is 2.70. The van der Waals surface area contributed by atoms with Gasteiger partial charge in [-0.15, -0.1) is 0 Å². The van der Waals surface area contributed by atoms with Crippen LogP contribution in [0.15, 0.2) is 48.5 Å². The normalized spacial score (nSPS) is 14.1. The van der Waals surface area contributed by atoms with Crippen LogP contribution in [0.1, 0.15) is 22.3 Å². The molecule has 19 heavy (non-hydrogen) atoms. The molecule has 2 nitrogen and oxygen atoms in total. The third-order valence-corrected chi connectivity index (χ3v) is 3.44. The highest BCUT2D eigenvalue weighted by Crippen LogP contribution is 2.32. The van der Waals surface area contributed by atoms with E-state index in [0.29, 0.717) is 0 Å². The summed E-state index contributed by atoms with van der Waals surface area (Å²) >= 11 is 0. The van der Waals surface area contributed by atoms with Crippen molar-refractivity contribution in [3.8, 4) is 0 Å². The van der Waals surface area contributed by atoms with Gasteiger partial charge >= 0.3 is 0 Å². The maximum atomic E-state index is 11.1.